The highest BCUT2D eigenvalue weighted by molar-refractivity contribution is 14.0. The van der Waals surface area contributed by atoms with Gasteiger partial charge in [-0.2, -0.15) is 0 Å². The molecule has 1 unspecified atom stereocenters. The van der Waals surface area contributed by atoms with Gasteiger partial charge in [0.15, 0.2) is 5.96 Å². The van der Waals surface area contributed by atoms with Crippen LogP contribution in [0.4, 0.5) is 0 Å². The summed E-state index contributed by atoms with van der Waals surface area (Å²) in [4.78, 5) is 6.79. The Hall–Kier alpha value is -1.29. The molecule has 1 atom stereocenters. The molecule has 0 aromatic heterocycles. The van der Waals surface area contributed by atoms with Crippen LogP contribution in [0, 0.1) is 5.92 Å². The molecule has 1 aliphatic heterocycles. The smallest absolute Gasteiger partial charge is 0.191 e. The van der Waals surface area contributed by atoms with Crippen molar-refractivity contribution in [2.24, 2.45) is 10.9 Å². The van der Waals surface area contributed by atoms with Crippen LogP contribution in [-0.2, 0) is 16.0 Å². The number of ether oxygens (including phenoxy) is 2. The minimum Gasteiger partial charge on any atom is -0.381 e. The van der Waals surface area contributed by atoms with Gasteiger partial charge in [-0.1, -0.05) is 42.1 Å². The van der Waals surface area contributed by atoms with Crippen LogP contribution >= 0.6 is 35.7 Å². The normalized spacial score (nSPS) is 16.2. The van der Waals surface area contributed by atoms with Gasteiger partial charge in [-0.15, -0.1) is 24.0 Å². The summed E-state index contributed by atoms with van der Waals surface area (Å²) in [5.41, 5.74) is 1.23. The molecule has 1 aliphatic rings. The molecule has 7 heteroatoms. The summed E-state index contributed by atoms with van der Waals surface area (Å²) in [6.45, 7) is 4.89. The maximum atomic E-state index is 5.73. The first kappa shape index (κ1) is 25.0. The van der Waals surface area contributed by atoms with E-state index < -0.39 is 0 Å². The molecule has 0 bridgehead atoms. The monoisotopic (exact) mass is 541 g/mol. The van der Waals surface area contributed by atoms with E-state index in [2.05, 4.69) is 64.2 Å². The molecule has 3 rings (SSSR count). The standard InChI is InChI=1S/C23H31N3O2S.HI/c1-24-23(25-13-5-14-27-17-20-12-15-28-18-20)26-16-19-8-10-22(11-9-19)29-21-6-3-2-4-7-21;/h2-4,6-11,20H,5,12-18H2,1H3,(H2,24,25,26);1H. The van der Waals surface area contributed by atoms with Gasteiger partial charge >= 0.3 is 0 Å². The van der Waals surface area contributed by atoms with Gasteiger partial charge in [0.2, 0.25) is 0 Å². The number of benzene rings is 2. The molecule has 5 nitrogen and oxygen atoms in total. The van der Waals surface area contributed by atoms with E-state index in [4.69, 9.17) is 9.47 Å². The summed E-state index contributed by atoms with van der Waals surface area (Å²) in [7, 11) is 1.80. The van der Waals surface area contributed by atoms with E-state index in [1.54, 1.807) is 18.8 Å². The van der Waals surface area contributed by atoms with Crippen molar-refractivity contribution in [1.29, 1.82) is 0 Å². The molecule has 2 N–H and O–H groups in total. The number of guanidine groups is 1. The Kier molecular flexibility index (Phi) is 12.2. The van der Waals surface area contributed by atoms with Gasteiger partial charge < -0.3 is 20.1 Å². The quantitative estimate of drug-likeness (QED) is 0.200. The first-order valence-electron chi connectivity index (χ1n) is 10.3. The number of halogens is 1. The molecule has 0 spiro atoms. The van der Waals surface area contributed by atoms with Crippen LogP contribution in [0.2, 0.25) is 0 Å². The van der Waals surface area contributed by atoms with E-state index in [9.17, 15) is 0 Å². The molecule has 164 valence electrons. The third kappa shape index (κ3) is 9.24. The fourth-order valence-electron chi connectivity index (χ4n) is 3.05. The van der Waals surface area contributed by atoms with Gasteiger partial charge in [-0.3, -0.25) is 4.99 Å². The second-order valence-electron chi connectivity index (χ2n) is 7.07. The Morgan fingerprint density at radius 1 is 1.10 bits per heavy atom. The predicted molar refractivity (Wildman–Crippen MR) is 135 cm³/mol. The number of hydrogen-bond acceptors (Lipinski definition) is 4. The molecule has 2 aromatic rings. The summed E-state index contributed by atoms with van der Waals surface area (Å²) in [5.74, 6) is 1.40. The summed E-state index contributed by atoms with van der Waals surface area (Å²) < 4.78 is 11.1. The first-order chi connectivity index (χ1) is 14.3. The first-order valence-corrected chi connectivity index (χ1v) is 11.1. The van der Waals surface area contributed by atoms with Gasteiger partial charge in [0.1, 0.15) is 0 Å². The zero-order chi connectivity index (χ0) is 20.2. The van der Waals surface area contributed by atoms with Crippen molar-refractivity contribution >= 4 is 41.7 Å². The van der Waals surface area contributed by atoms with E-state index in [0.29, 0.717) is 5.92 Å². The maximum absolute atomic E-state index is 5.73. The van der Waals surface area contributed by atoms with Gasteiger partial charge in [-0.25, -0.2) is 0 Å². The fraction of sp³-hybridized carbons (Fsp3) is 0.435. The molecule has 2 aromatic carbocycles. The fourth-order valence-corrected chi connectivity index (χ4v) is 3.89. The number of nitrogens with one attached hydrogen (secondary N) is 2. The lowest BCUT2D eigenvalue weighted by Crippen LogP contribution is -2.37. The zero-order valence-corrected chi connectivity index (χ0v) is 20.7. The van der Waals surface area contributed by atoms with Gasteiger partial charge in [0.25, 0.3) is 0 Å². The molecule has 0 aliphatic carbocycles. The van der Waals surface area contributed by atoms with E-state index in [1.165, 1.54) is 15.4 Å². The predicted octanol–water partition coefficient (Wildman–Crippen LogP) is 4.56. The van der Waals surface area contributed by atoms with Crippen molar-refractivity contribution in [3.63, 3.8) is 0 Å². The Morgan fingerprint density at radius 2 is 1.87 bits per heavy atom. The molecule has 0 radical (unpaired) electrons. The van der Waals surface area contributed by atoms with Crippen molar-refractivity contribution in [2.45, 2.75) is 29.2 Å². The molecule has 0 saturated carbocycles. The average molecular weight is 541 g/mol. The highest BCUT2D eigenvalue weighted by atomic mass is 127. The van der Waals surface area contributed by atoms with Crippen molar-refractivity contribution in [2.75, 3.05) is 40.0 Å². The van der Waals surface area contributed by atoms with Crippen LogP contribution in [0.25, 0.3) is 0 Å². The molecule has 1 saturated heterocycles. The van der Waals surface area contributed by atoms with Crippen LogP contribution in [-0.4, -0.2) is 46.0 Å². The highest BCUT2D eigenvalue weighted by Gasteiger charge is 2.15. The van der Waals surface area contributed by atoms with Crippen molar-refractivity contribution in [3.05, 3.63) is 60.2 Å². The van der Waals surface area contributed by atoms with E-state index in [1.807, 2.05) is 6.07 Å². The van der Waals surface area contributed by atoms with E-state index in [-0.39, 0.29) is 24.0 Å². The SMILES string of the molecule is CN=C(NCCCOCC1CCOC1)NCc1ccc(Sc2ccccc2)cc1.I. The third-order valence-electron chi connectivity index (χ3n) is 4.72. The molecule has 1 heterocycles. The van der Waals surface area contributed by atoms with E-state index >= 15 is 0 Å². The van der Waals surface area contributed by atoms with Crippen molar-refractivity contribution in [3.8, 4) is 0 Å². The molecule has 30 heavy (non-hydrogen) atoms. The maximum Gasteiger partial charge on any atom is 0.191 e. The molecular weight excluding hydrogens is 509 g/mol. The molecule has 0 amide bonds. The van der Waals surface area contributed by atoms with Crippen molar-refractivity contribution < 1.29 is 9.47 Å². The Bertz CT molecular complexity index is 738. The van der Waals surface area contributed by atoms with Crippen LogP contribution in [0.15, 0.2) is 69.4 Å². The number of aliphatic imine (C=N–C) groups is 1. The number of hydrogen-bond donors (Lipinski definition) is 2. The number of nitrogens with zero attached hydrogens (tertiary/aromatic N) is 1. The minimum atomic E-state index is 0. The Labute approximate surface area is 201 Å². The Balaban J connectivity index is 0.00000320. The third-order valence-corrected chi connectivity index (χ3v) is 5.74. The van der Waals surface area contributed by atoms with Crippen LogP contribution in [0.1, 0.15) is 18.4 Å². The van der Waals surface area contributed by atoms with Crippen LogP contribution in [0.5, 0.6) is 0 Å². The molecule has 1 fully saturated rings. The van der Waals surface area contributed by atoms with Crippen molar-refractivity contribution in [1.82, 2.24) is 10.6 Å². The Morgan fingerprint density at radius 3 is 2.57 bits per heavy atom. The summed E-state index contributed by atoms with van der Waals surface area (Å²) in [6, 6.07) is 19.1. The summed E-state index contributed by atoms with van der Waals surface area (Å²) in [5, 5.41) is 6.71. The summed E-state index contributed by atoms with van der Waals surface area (Å²) in [6.07, 6.45) is 2.08. The van der Waals surface area contributed by atoms with Gasteiger partial charge in [-0.05, 0) is 42.7 Å². The number of rotatable bonds is 10. The minimum absolute atomic E-state index is 0. The van der Waals surface area contributed by atoms with E-state index in [0.717, 1.165) is 58.3 Å². The molecular formula is C23H32IN3O2S. The second kappa shape index (κ2) is 14.7. The van der Waals surface area contributed by atoms with Crippen LogP contribution < -0.4 is 10.6 Å². The topological polar surface area (TPSA) is 54.9 Å². The lowest BCUT2D eigenvalue weighted by atomic mass is 10.1. The summed E-state index contributed by atoms with van der Waals surface area (Å²) >= 11 is 1.78. The zero-order valence-electron chi connectivity index (χ0n) is 17.5. The lowest BCUT2D eigenvalue weighted by Gasteiger charge is -2.13. The second-order valence-corrected chi connectivity index (χ2v) is 8.22. The van der Waals surface area contributed by atoms with Crippen LogP contribution in [0.3, 0.4) is 0 Å². The average Bonchev–Trinajstić information content (AvgIpc) is 3.28. The van der Waals surface area contributed by atoms with Gasteiger partial charge in [0, 0.05) is 49.1 Å². The van der Waals surface area contributed by atoms with Gasteiger partial charge in [0.05, 0.1) is 13.2 Å². The largest absolute Gasteiger partial charge is 0.381 e. The highest BCUT2D eigenvalue weighted by Crippen LogP contribution is 2.27. The lowest BCUT2D eigenvalue weighted by molar-refractivity contribution is 0.0888.